The van der Waals surface area contributed by atoms with Gasteiger partial charge in [-0.05, 0) is 29.4 Å². The molecule has 0 aliphatic carbocycles. The molecule has 1 aliphatic rings. The SMILES string of the molecule is CC(C)(Cc1cccc(C(F)(F)F)c1)[C@@H]1CNC(=O)C1. The van der Waals surface area contributed by atoms with Gasteiger partial charge in [-0.1, -0.05) is 32.0 Å². The van der Waals surface area contributed by atoms with Crippen molar-refractivity contribution < 1.29 is 18.0 Å². The highest BCUT2D eigenvalue weighted by Crippen LogP contribution is 2.36. The van der Waals surface area contributed by atoms with Crippen LogP contribution in [0.1, 0.15) is 31.4 Å². The molecule has 0 bridgehead atoms. The molecule has 2 rings (SSSR count). The van der Waals surface area contributed by atoms with Crippen LogP contribution in [-0.2, 0) is 17.4 Å². The van der Waals surface area contributed by atoms with Crippen molar-refractivity contribution in [3.05, 3.63) is 35.4 Å². The molecule has 1 aromatic rings. The van der Waals surface area contributed by atoms with E-state index in [0.717, 1.165) is 6.07 Å². The third-order valence-corrected chi connectivity index (χ3v) is 4.00. The summed E-state index contributed by atoms with van der Waals surface area (Å²) in [5, 5.41) is 2.78. The lowest BCUT2D eigenvalue weighted by atomic mass is 9.74. The van der Waals surface area contributed by atoms with Gasteiger partial charge in [-0.15, -0.1) is 0 Å². The second-order valence-electron chi connectivity index (χ2n) is 6.07. The molecule has 1 aliphatic heterocycles. The highest BCUT2D eigenvalue weighted by Gasteiger charge is 2.36. The molecule has 0 saturated carbocycles. The van der Waals surface area contributed by atoms with E-state index in [1.54, 1.807) is 6.07 Å². The molecule has 1 atom stereocenters. The van der Waals surface area contributed by atoms with Crippen molar-refractivity contribution in [2.24, 2.45) is 11.3 Å². The van der Waals surface area contributed by atoms with E-state index in [1.807, 2.05) is 13.8 Å². The van der Waals surface area contributed by atoms with Gasteiger partial charge in [0.1, 0.15) is 0 Å². The number of rotatable bonds is 3. The first-order chi connectivity index (χ1) is 9.18. The van der Waals surface area contributed by atoms with E-state index in [0.29, 0.717) is 24.9 Å². The van der Waals surface area contributed by atoms with E-state index in [-0.39, 0.29) is 17.2 Å². The Morgan fingerprint density at radius 1 is 1.30 bits per heavy atom. The van der Waals surface area contributed by atoms with Gasteiger partial charge in [0.05, 0.1) is 5.56 Å². The zero-order valence-electron chi connectivity index (χ0n) is 11.6. The highest BCUT2D eigenvalue weighted by molar-refractivity contribution is 5.78. The molecule has 0 spiro atoms. The van der Waals surface area contributed by atoms with Crippen molar-refractivity contribution in [3.8, 4) is 0 Å². The number of nitrogens with one attached hydrogen (secondary N) is 1. The Morgan fingerprint density at radius 3 is 2.55 bits per heavy atom. The summed E-state index contributed by atoms with van der Waals surface area (Å²) in [5.41, 5.74) is -0.181. The van der Waals surface area contributed by atoms with Gasteiger partial charge in [0.25, 0.3) is 0 Å². The van der Waals surface area contributed by atoms with Gasteiger partial charge in [0, 0.05) is 13.0 Å². The molecule has 110 valence electrons. The van der Waals surface area contributed by atoms with E-state index in [1.165, 1.54) is 12.1 Å². The molecule has 1 aromatic carbocycles. The van der Waals surface area contributed by atoms with Crippen LogP contribution in [0.25, 0.3) is 0 Å². The molecule has 5 heteroatoms. The Morgan fingerprint density at radius 2 is 2.00 bits per heavy atom. The third-order valence-electron chi connectivity index (χ3n) is 4.00. The first-order valence-corrected chi connectivity index (χ1v) is 6.61. The van der Waals surface area contributed by atoms with Crippen LogP contribution in [0.2, 0.25) is 0 Å². The molecule has 20 heavy (non-hydrogen) atoms. The predicted octanol–water partition coefficient (Wildman–Crippen LogP) is 3.41. The summed E-state index contributed by atoms with van der Waals surface area (Å²) in [5.74, 6) is 0.177. The van der Waals surface area contributed by atoms with Crippen molar-refractivity contribution in [1.82, 2.24) is 5.32 Å². The molecule has 1 heterocycles. The summed E-state index contributed by atoms with van der Waals surface area (Å²) in [4.78, 5) is 11.3. The molecule has 1 saturated heterocycles. The number of carbonyl (C=O) groups is 1. The molecule has 0 aromatic heterocycles. The quantitative estimate of drug-likeness (QED) is 0.906. The topological polar surface area (TPSA) is 29.1 Å². The Bertz CT molecular complexity index is 508. The number of alkyl halides is 3. The van der Waals surface area contributed by atoms with Gasteiger partial charge >= 0.3 is 6.18 Å². The summed E-state index contributed by atoms with van der Waals surface area (Å²) in [6.07, 6.45) is -3.34. The zero-order chi connectivity index (χ0) is 15.0. The van der Waals surface area contributed by atoms with Crippen LogP contribution in [0.5, 0.6) is 0 Å². The Kier molecular flexibility index (Phi) is 3.80. The first kappa shape index (κ1) is 14.9. The van der Waals surface area contributed by atoms with Gasteiger partial charge < -0.3 is 5.32 Å². The minimum atomic E-state index is -4.31. The van der Waals surface area contributed by atoms with Crippen LogP contribution in [0.3, 0.4) is 0 Å². The van der Waals surface area contributed by atoms with E-state index in [2.05, 4.69) is 5.32 Å². The van der Waals surface area contributed by atoms with E-state index in [4.69, 9.17) is 0 Å². The maximum absolute atomic E-state index is 12.7. The Labute approximate surface area is 116 Å². The number of carbonyl (C=O) groups excluding carboxylic acids is 1. The van der Waals surface area contributed by atoms with Crippen LogP contribution in [0, 0.1) is 11.3 Å². The predicted molar refractivity (Wildman–Crippen MR) is 70.0 cm³/mol. The molecule has 1 amide bonds. The van der Waals surface area contributed by atoms with Crippen molar-refractivity contribution in [1.29, 1.82) is 0 Å². The van der Waals surface area contributed by atoms with Crippen molar-refractivity contribution in [3.63, 3.8) is 0 Å². The molecule has 1 N–H and O–H groups in total. The van der Waals surface area contributed by atoms with E-state index in [9.17, 15) is 18.0 Å². The maximum Gasteiger partial charge on any atom is 0.416 e. The van der Waals surface area contributed by atoms with Crippen LogP contribution >= 0.6 is 0 Å². The van der Waals surface area contributed by atoms with Crippen LogP contribution in [0.4, 0.5) is 13.2 Å². The average Bonchev–Trinajstić information content (AvgIpc) is 2.75. The fraction of sp³-hybridized carbons (Fsp3) is 0.533. The van der Waals surface area contributed by atoms with Crippen LogP contribution in [-0.4, -0.2) is 12.5 Å². The van der Waals surface area contributed by atoms with Gasteiger partial charge in [0.15, 0.2) is 0 Å². The summed E-state index contributed by atoms with van der Waals surface area (Å²) in [7, 11) is 0. The maximum atomic E-state index is 12.7. The van der Waals surface area contributed by atoms with Gasteiger partial charge in [-0.3, -0.25) is 4.79 Å². The largest absolute Gasteiger partial charge is 0.416 e. The van der Waals surface area contributed by atoms with Gasteiger partial charge in [-0.2, -0.15) is 13.2 Å². The molecule has 0 unspecified atom stereocenters. The fourth-order valence-electron chi connectivity index (χ4n) is 2.69. The van der Waals surface area contributed by atoms with Gasteiger partial charge in [0.2, 0.25) is 5.91 Å². The molecule has 2 nitrogen and oxygen atoms in total. The summed E-state index contributed by atoms with van der Waals surface area (Å²) < 4.78 is 38.1. The summed E-state index contributed by atoms with van der Waals surface area (Å²) >= 11 is 0. The molecule has 0 radical (unpaired) electrons. The number of amides is 1. The third kappa shape index (κ3) is 3.32. The number of hydrogen-bond donors (Lipinski definition) is 1. The van der Waals surface area contributed by atoms with E-state index >= 15 is 0 Å². The summed E-state index contributed by atoms with van der Waals surface area (Å²) in [6.45, 7) is 4.60. The van der Waals surface area contributed by atoms with Crippen molar-refractivity contribution >= 4 is 5.91 Å². The monoisotopic (exact) mass is 285 g/mol. The molecule has 1 fully saturated rings. The number of hydrogen-bond acceptors (Lipinski definition) is 1. The minimum Gasteiger partial charge on any atom is -0.356 e. The summed E-state index contributed by atoms with van der Waals surface area (Å²) in [6, 6.07) is 5.43. The fourth-order valence-corrected chi connectivity index (χ4v) is 2.69. The lowest BCUT2D eigenvalue weighted by molar-refractivity contribution is -0.137. The Balaban J connectivity index is 2.15. The van der Waals surface area contributed by atoms with Gasteiger partial charge in [-0.25, -0.2) is 0 Å². The second kappa shape index (κ2) is 5.11. The highest BCUT2D eigenvalue weighted by atomic mass is 19.4. The second-order valence-corrected chi connectivity index (χ2v) is 6.07. The average molecular weight is 285 g/mol. The zero-order valence-corrected chi connectivity index (χ0v) is 11.6. The molecular formula is C15H18F3NO. The molecular weight excluding hydrogens is 267 g/mol. The lowest BCUT2D eigenvalue weighted by Gasteiger charge is -2.30. The van der Waals surface area contributed by atoms with Crippen LogP contribution < -0.4 is 5.32 Å². The minimum absolute atomic E-state index is 0.0205. The smallest absolute Gasteiger partial charge is 0.356 e. The Hall–Kier alpha value is -1.52. The van der Waals surface area contributed by atoms with Crippen molar-refractivity contribution in [2.75, 3.05) is 6.54 Å². The first-order valence-electron chi connectivity index (χ1n) is 6.61. The normalized spacial score (nSPS) is 20.1. The van der Waals surface area contributed by atoms with Crippen molar-refractivity contribution in [2.45, 2.75) is 32.9 Å². The number of halogens is 3. The standard InChI is InChI=1S/C15H18F3NO/c1-14(2,12-7-13(20)19-9-12)8-10-4-3-5-11(6-10)15(16,17)18/h3-6,12H,7-9H2,1-2H3,(H,19,20)/t12-/m0/s1. The lowest BCUT2D eigenvalue weighted by Crippen LogP contribution is -2.28. The van der Waals surface area contributed by atoms with Crippen LogP contribution in [0.15, 0.2) is 24.3 Å². The van der Waals surface area contributed by atoms with E-state index < -0.39 is 11.7 Å². The number of benzene rings is 1.